The van der Waals surface area contributed by atoms with E-state index in [1.165, 1.54) is 0 Å². The van der Waals surface area contributed by atoms with Crippen LogP contribution in [0.3, 0.4) is 0 Å². The van der Waals surface area contributed by atoms with Gasteiger partial charge < -0.3 is 15.4 Å². The number of halogens is 1. The third-order valence-electron chi connectivity index (χ3n) is 3.96. The summed E-state index contributed by atoms with van der Waals surface area (Å²) >= 11 is 3.45. The van der Waals surface area contributed by atoms with Crippen molar-refractivity contribution in [2.24, 2.45) is 0 Å². The number of carbonyl (C=O) groups is 2. The van der Waals surface area contributed by atoms with Gasteiger partial charge in [0.05, 0.1) is 31.6 Å². The number of likely N-dealkylation sites (N-methyl/N-ethyl adjacent to an activating group) is 1. The fraction of sp³-hybridized carbons (Fsp3) is 0.300. The number of rotatable bonds is 8. The van der Waals surface area contributed by atoms with Gasteiger partial charge in [0.25, 0.3) is 0 Å². The van der Waals surface area contributed by atoms with Gasteiger partial charge in [-0.2, -0.15) is 0 Å². The van der Waals surface area contributed by atoms with Crippen LogP contribution in [0.15, 0.2) is 46.9 Å². The molecule has 27 heavy (non-hydrogen) atoms. The molecule has 0 saturated carbocycles. The van der Waals surface area contributed by atoms with Crippen molar-refractivity contribution in [3.63, 3.8) is 0 Å². The van der Waals surface area contributed by atoms with Crippen molar-refractivity contribution >= 4 is 39.1 Å². The van der Waals surface area contributed by atoms with Crippen molar-refractivity contribution in [2.75, 3.05) is 37.4 Å². The lowest BCUT2D eigenvalue weighted by molar-refractivity contribution is -0.119. The monoisotopic (exact) mass is 433 g/mol. The lowest BCUT2D eigenvalue weighted by atomic mass is 10.2. The number of methoxy groups -OCH3 is 1. The molecule has 0 aliphatic rings. The van der Waals surface area contributed by atoms with Gasteiger partial charge >= 0.3 is 0 Å². The summed E-state index contributed by atoms with van der Waals surface area (Å²) in [6.07, 6.45) is 0. The van der Waals surface area contributed by atoms with E-state index in [-0.39, 0.29) is 24.9 Å². The molecule has 0 bridgehead atoms. The predicted octanol–water partition coefficient (Wildman–Crippen LogP) is 3.67. The number of anilines is 2. The molecule has 7 heteroatoms. The molecule has 0 aliphatic heterocycles. The molecule has 2 N–H and O–H groups in total. The first-order valence-corrected chi connectivity index (χ1v) is 9.43. The molecule has 0 radical (unpaired) electrons. The highest BCUT2D eigenvalue weighted by molar-refractivity contribution is 9.10. The highest BCUT2D eigenvalue weighted by Gasteiger charge is 2.15. The van der Waals surface area contributed by atoms with E-state index in [0.29, 0.717) is 23.7 Å². The first-order valence-electron chi connectivity index (χ1n) is 8.64. The van der Waals surface area contributed by atoms with Crippen LogP contribution < -0.4 is 15.4 Å². The first kappa shape index (κ1) is 20.9. The van der Waals surface area contributed by atoms with Crippen LogP contribution in [0.2, 0.25) is 0 Å². The fourth-order valence-corrected chi connectivity index (χ4v) is 3.13. The van der Waals surface area contributed by atoms with Crippen molar-refractivity contribution in [1.29, 1.82) is 0 Å². The zero-order valence-corrected chi connectivity index (χ0v) is 17.3. The Morgan fingerprint density at radius 2 is 1.67 bits per heavy atom. The van der Waals surface area contributed by atoms with Crippen molar-refractivity contribution in [3.8, 4) is 5.75 Å². The van der Waals surface area contributed by atoms with Crippen LogP contribution in [0.25, 0.3) is 0 Å². The number of amides is 2. The maximum absolute atomic E-state index is 12.3. The van der Waals surface area contributed by atoms with Gasteiger partial charge in [0.1, 0.15) is 5.75 Å². The summed E-state index contributed by atoms with van der Waals surface area (Å²) in [5.41, 5.74) is 2.41. The van der Waals surface area contributed by atoms with Crippen LogP contribution in [-0.2, 0) is 9.59 Å². The van der Waals surface area contributed by atoms with Crippen molar-refractivity contribution in [1.82, 2.24) is 4.90 Å². The van der Waals surface area contributed by atoms with Crippen LogP contribution >= 0.6 is 15.9 Å². The smallest absolute Gasteiger partial charge is 0.238 e. The molecular weight excluding hydrogens is 410 g/mol. The van der Waals surface area contributed by atoms with Gasteiger partial charge in [0.15, 0.2) is 0 Å². The Morgan fingerprint density at radius 1 is 1.04 bits per heavy atom. The second-order valence-electron chi connectivity index (χ2n) is 6.08. The molecule has 144 valence electrons. The van der Waals surface area contributed by atoms with Crippen LogP contribution in [0, 0.1) is 6.92 Å². The largest absolute Gasteiger partial charge is 0.495 e. The van der Waals surface area contributed by atoms with Gasteiger partial charge in [0.2, 0.25) is 11.8 Å². The first-order chi connectivity index (χ1) is 12.9. The minimum Gasteiger partial charge on any atom is -0.495 e. The molecule has 2 rings (SSSR count). The number of para-hydroxylation sites is 2. The van der Waals surface area contributed by atoms with Gasteiger partial charge in [-0.05, 0) is 59.2 Å². The van der Waals surface area contributed by atoms with Crippen LogP contribution in [-0.4, -0.2) is 43.5 Å². The summed E-state index contributed by atoms with van der Waals surface area (Å²) in [5.74, 6) is 0.216. The lowest BCUT2D eigenvalue weighted by Gasteiger charge is -2.20. The zero-order chi connectivity index (χ0) is 19.8. The number of ether oxygens (including phenoxy) is 1. The molecule has 0 atom stereocenters. The molecule has 0 saturated heterocycles. The van der Waals surface area contributed by atoms with E-state index < -0.39 is 0 Å². The van der Waals surface area contributed by atoms with E-state index in [9.17, 15) is 9.59 Å². The zero-order valence-electron chi connectivity index (χ0n) is 15.7. The minimum atomic E-state index is -0.203. The Kier molecular flexibility index (Phi) is 7.82. The topological polar surface area (TPSA) is 70.7 Å². The van der Waals surface area contributed by atoms with Crippen molar-refractivity contribution in [3.05, 3.63) is 52.5 Å². The van der Waals surface area contributed by atoms with Gasteiger partial charge in [-0.1, -0.05) is 25.1 Å². The van der Waals surface area contributed by atoms with E-state index in [4.69, 9.17) is 4.74 Å². The summed E-state index contributed by atoms with van der Waals surface area (Å²) < 4.78 is 6.06. The van der Waals surface area contributed by atoms with Gasteiger partial charge in [-0.25, -0.2) is 0 Å². The molecule has 0 unspecified atom stereocenters. The highest BCUT2D eigenvalue weighted by Crippen LogP contribution is 2.24. The summed E-state index contributed by atoms with van der Waals surface area (Å²) in [6.45, 7) is 4.69. The van der Waals surface area contributed by atoms with E-state index >= 15 is 0 Å². The molecule has 0 spiro atoms. The number of nitrogens with zero attached hydrogens (tertiary/aromatic N) is 1. The number of hydrogen-bond acceptors (Lipinski definition) is 4. The average molecular weight is 434 g/mol. The number of aryl methyl sites for hydroxylation is 1. The molecule has 2 amide bonds. The Hall–Kier alpha value is -2.38. The van der Waals surface area contributed by atoms with Crippen LogP contribution in [0.1, 0.15) is 12.5 Å². The maximum atomic E-state index is 12.3. The summed E-state index contributed by atoms with van der Waals surface area (Å²) in [6, 6.07) is 12.9. The fourth-order valence-electron chi connectivity index (χ4n) is 2.53. The highest BCUT2D eigenvalue weighted by atomic mass is 79.9. The minimum absolute atomic E-state index is 0.108. The van der Waals surface area contributed by atoms with Gasteiger partial charge in [-0.3, -0.25) is 14.5 Å². The second kappa shape index (κ2) is 10.1. The third-order valence-corrected chi connectivity index (χ3v) is 4.62. The van der Waals surface area contributed by atoms with Gasteiger partial charge in [-0.15, -0.1) is 0 Å². The predicted molar refractivity (Wildman–Crippen MR) is 111 cm³/mol. The van der Waals surface area contributed by atoms with E-state index in [1.807, 2.05) is 44.2 Å². The van der Waals surface area contributed by atoms with Crippen molar-refractivity contribution < 1.29 is 14.3 Å². The summed E-state index contributed by atoms with van der Waals surface area (Å²) in [5, 5.41) is 5.68. The third kappa shape index (κ3) is 6.37. The summed E-state index contributed by atoms with van der Waals surface area (Å²) in [7, 11) is 1.55. The molecule has 2 aromatic carbocycles. The Morgan fingerprint density at radius 3 is 2.26 bits per heavy atom. The molecular formula is C20H24BrN3O3. The van der Waals surface area contributed by atoms with E-state index in [2.05, 4.69) is 26.6 Å². The molecule has 2 aromatic rings. The summed E-state index contributed by atoms with van der Waals surface area (Å²) in [4.78, 5) is 26.4. The van der Waals surface area contributed by atoms with Crippen LogP contribution in [0.4, 0.5) is 11.4 Å². The quantitative estimate of drug-likeness (QED) is 0.666. The molecule has 0 aromatic heterocycles. The number of benzene rings is 2. The molecule has 0 aliphatic carbocycles. The molecule has 0 fully saturated rings. The SMILES string of the molecule is CCN(CC(=O)Nc1ccc(C)cc1Br)CC(=O)Nc1ccccc1OC. The number of carbonyl (C=O) groups excluding carboxylic acids is 2. The van der Waals surface area contributed by atoms with E-state index in [0.717, 1.165) is 10.0 Å². The van der Waals surface area contributed by atoms with E-state index in [1.54, 1.807) is 24.1 Å². The Labute approximate surface area is 168 Å². The normalized spacial score (nSPS) is 10.6. The average Bonchev–Trinajstić information content (AvgIpc) is 2.64. The molecule has 6 nitrogen and oxygen atoms in total. The standard InChI is InChI=1S/C20H24BrN3O3/c1-4-24(12-19(25)22-16-10-9-14(2)11-15(16)21)13-20(26)23-17-7-5-6-8-18(17)27-3/h5-11H,4,12-13H2,1-3H3,(H,22,25)(H,23,26). The Bertz CT molecular complexity index is 811. The molecule has 0 heterocycles. The van der Waals surface area contributed by atoms with Crippen molar-refractivity contribution in [2.45, 2.75) is 13.8 Å². The lowest BCUT2D eigenvalue weighted by Crippen LogP contribution is -2.38. The van der Waals surface area contributed by atoms with Crippen LogP contribution in [0.5, 0.6) is 5.75 Å². The second-order valence-corrected chi connectivity index (χ2v) is 6.94. The van der Waals surface area contributed by atoms with Gasteiger partial charge in [0, 0.05) is 4.47 Å². The Balaban J connectivity index is 1.92. The number of nitrogens with one attached hydrogen (secondary N) is 2. The number of hydrogen-bond donors (Lipinski definition) is 2. The maximum Gasteiger partial charge on any atom is 0.238 e.